The Morgan fingerprint density at radius 2 is 2.06 bits per heavy atom. The van der Waals surface area contributed by atoms with Crippen LogP contribution in [-0.4, -0.2) is 22.7 Å². The Labute approximate surface area is 96.5 Å². The molecule has 0 amide bonds. The first-order valence-corrected chi connectivity index (χ1v) is 6.19. The van der Waals surface area contributed by atoms with Gasteiger partial charge in [-0.25, -0.2) is 5.23 Å². The van der Waals surface area contributed by atoms with Gasteiger partial charge < -0.3 is 10.0 Å². The molecule has 1 heterocycles. The van der Waals surface area contributed by atoms with Crippen molar-refractivity contribution < 1.29 is 9.63 Å². The van der Waals surface area contributed by atoms with Crippen LogP contribution in [0, 0.1) is 11.1 Å². The van der Waals surface area contributed by atoms with Crippen LogP contribution in [-0.2, 0) is 9.63 Å². The average Bonchev–Trinajstić information content (AvgIpc) is 2.38. The van der Waals surface area contributed by atoms with E-state index in [4.69, 9.17) is 4.84 Å². The molecule has 4 nitrogen and oxygen atoms in total. The lowest BCUT2D eigenvalue weighted by Crippen LogP contribution is -2.48. The fraction of sp³-hybridized carbons (Fsp3) is 0.917. The molecule has 1 aliphatic heterocycles. The van der Waals surface area contributed by atoms with Gasteiger partial charge in [0.05, 0.1) is 11.6 Å². The van der Waals surface area contributed by atoms with Gasteiger partial charge in [-0.15, -0.1) is 0 Å². The summed E-state index contributed by atoms with van der Waals surface area (Å²) in [6.45, 7) is 3.17. The molecule has 92 valence electrons. The highest BCUT2D eigenvalue weighted by Gasteiger charge is 2.40. The number of carbonyl (C=O) groups excluding carboxylic acids is 1. The van der Waals surface area contributed by atoms with Gasteiger partial charge in [-0.3, -0.25) is 4.79 Å². The van der Waals surface area contributed by atoms with E-state index in [0.717, 1.165) is 25.7 Å². The van der Waals surface area contributed by atoms with Crippen LogP contribution in [0.15, 0.2) is 0 Å². The Morgan fingerprint density at radius 3 is 2.75 bits per heavy atom. The third-order valence-corrected chi connectivity index (χ3v) is 4.23. The topological polar surface area (TPSA) is 52.6 Å². The van der Waals surface area contributed by atoms with Gasteiger partial charge in [-0.05, 0) is 45.4 Å². The van der Waals surface area contributed by atoms with Crippen molar-refractivity contribution >= 4 is 5.78 Å². The second kappa shape index (κ2) is 4.43. The van der Waals surface area contributed by atoms with Gasteiger partial charge in [0, 0.05) is 0 Å². The minimum absolute atomic E-state index is 0.0347. The number of carbonyl (C=O) groups is 1. The third-order valence-electron chi connectivity index (χ3n) is 4.23. The van der Waals surface area contributed by atoms with Gasteiger partial charge in [0.2, 0.25) is 0 Å². The molecule has 0 aromatic heterocycles. The SMILES string of the molecule is CC(=O)C1(C)CC[C@@H]2CCCC[C@@H]2ON1[O-]. The second-order valence-electron chi connectivity index (χ2n) is 5.31. The highest BCUT2D eigenvalue weighted by atomic mass is 16.9. The Kier molecular flexibility index (Phi) is 3.33. The second-order valence-corrected chi connectivity index (χ2v) is 5.31. The molecule has 2 fully saturated rings. The summed E-state index contributed by atoms with van der Waals surface area (Å²) in [6, 6.07) is 0. The van der Waals surface area contributed by atoms with Gasteiger partial charge >= 0.3 is 0 Å². The van der Waals surface area contributed by atoms with Gasteiger partial charge in [-0.2, -0.15) is 0 Å². The molecule has 1 unspecified atom stereocenters. The largest absolute Gasteiger partial charge is 0.761 e. The summed E-state index contributed by atoms with van der Waals surface area (Å²) in [5.74, 6) is 0.368. The summed E-state index contributed by atoms with van der Waals surface area (Å²) in [7, 11) is 0. The molecule has 2 rings (SSSR count). The third kappa shape index (κ3) is 2.01. The quantitative estimate of drug-likeness (QED) is 0.689. The summed E-state index contributed by atoms with van der Waals surface area (Å²) in [4.78, 5) is 17.0. The molecule has 3 atom stereocenters. The minimum Gasteiger partial charge on any atom is -0.761 e. The maximum absolute atomic E-state index is 11.9. The Bertz CT molecular complexity index is 281. The zero-order valence-electron chi connectivity index (χ0n) is 10.1. The number of hydrogen-bond acceptors (Lipinski definition) is 4. The molecule has 0 aromatic rings. The summed E-state index contributed by atoms with van der Waals surface area (Å²) < 4.78 is 0. The van der Waals surface area contributed by atoms with Crippen molar-refractivity contribution in [2.45, 2.75) is 64.0 Å². The lowest BCUT2D eigenvalue weighted by atomic mass is 9.81. The van der Waals surface area contributed by atoms with E-state index < -0.39 is 5.54 Å². The van der Waals surface area contributed by atoms with Crippen molar-refractivity contribution in [3.05, 3.63) is 5.21 Å². The fourth-order valence-electron chi connectivity index (χ4n) is 2.74. The molecule has 2 aliphatic rings. The van der Waals surface area contributed by atoms with Gasteiger partial charge in [0.25, 0.3) is 0 Å². The predicted molar refractivity (Wildman–Crippen MR) is 60.4 cm³/mol. The van der Waals surface area contributed by atoms with Crippen LogP contribution in [0.2, 0.25) is 0 Å². The van der Waals surface area contributed by atoms with Crippen LogP contribution in [0.3, 0.4) is 0 Å². The average molecular weight is 226 g/mol. The van der Waals surface area contributed by atoms with Crippen LogP contribution >= 0.6 is 0 Å². The monoisotopic (exact) mass is 226 g/mol. The molecule has 0 N–H and O–H groups in total. The molecule has 1 saturated heterocycles. The number of ketones is 1. The summed E-state index contributed by atoms with van der Waals surface area (Å²) in [5, 5.41) is 12.5. The first-order chi connectivity index (χ1) is 7.54. The maximum atomic E-state index is 11.9. The number of fused-ring (bicyclic) bond motifs is 1. The Hall–Kier alpha value is -0.450. The van der Waals surface area contributed by atoms with Gasteiger partial charge in [-0.1, -0.05) is 12.8 Å². The zero-order chi connectivity index (χ0) is 11.8. The van der Waals surface area contributed by atoms with E-state index >= 15 is 0 Å². The molecular formula is C12H20NO3-. The number of hydroxylamine groups is 2. The van der Waals surface area contributed by atoms with Crippen molar-refractivity contribution in [1.29, 1.82) is 0 Å². The molecule has 0 aromatic carbocycles. The van der Waals surface area contributed by atoms with Crippen molar-refractivity contribution in [3.63, 3.8) is 0 Å². The number of nitrogens with zero attached hydrogens (tertiary/aromatic N) is 1. The fourth-order valence-corrected chi connectivity index (χ4v) is 2.74. The lowest BCUT2D eigenvalue weighted by Gasteiger charge is -2.43. The first kappa shape index (κ1) is 12.0. The van der Waals surface area contributed by atoms with Crippen molar-refractivity contribution in [3.8, 4) is 0 Å². The van der Waals surface area contributed by atoms with Gasteiger partial charge in [0.15, 0.2) is 5.78 Å². The molecule has 1 aliphatic carbocycles. The maximum Gasteiger partial charge on any atom is 0.150 e. The highest BCUT2D eigenvalue weighted by Crippen LogP contribution is 2.38. The van der Waals surface area contributed by atoms with Gasteiger partial charge in [0.1, 0.15) is 0 Å². The molecule has 0 radical (unpaired) electrons. The van der Waals surface area contributed by atoms with Crippen molar-refractivity contribution in [2.24, 2.45) is 5.92 Å². The Balaban J connectivity index is 2.14. The molecule has 16 heavy (non-hydrogen) atoms. The van der Waals surface area contributed by atoms with E-state index in [1.165, 1.54) is 13.3 Å². The normalized spacial score (nSPS) is 41.2. The summed E-state index contributed by atoms with van der Waals surface area (Å²) in [6.07, 6.45) is 6.02. The standard InChI is InChI=1S/C12H20NO3/c1-9(14)12(2)8-7-10-5-3-4-6-11(10)16-13(12)15/h10-11H,3-8H2,1-2H3/q-1/t10-,11-,12?/m0/s1. The van der Waals surface area contributed by atoms with E-state index in [1.54, 1.807) is 6.92 Å². The number of hydrogen-bond donors (Lipinski definition) is 0. The van der Waals surface area contributed by atoms with Crippen LogP contribution in [0.5, 0.6) is 0 Å². The molecular weight excluding hydrogens is 206 g/mol. The van der Waals surface area contributed by atoms with E-state index in [1.807, 2.05) is 0 Å². The van der Waals surface area contributed by atoms with Crippen LogP contribution in [0.4, 0.5) is 0 Å². The summed E-state index contributed by atoms with van der Waals surface area (Å²) in [5.41, 5.74) is -0.975. The Morgan fingerprint density at radius 1 is 1.38 bits per heavy atom. The van der Waals surface area contributed by atoms with E-state index in [0.29, 0.717) is 17.6 Å². The molecule has 0 spiro atoms. The van der Waals surface area contributed by atoms with E-state index in [-0.39, 0.29) is 11.9 Å². The smallest absolute Gasteiger partial charge is 0.150 e. The van der Waals surface area contributed by atoms with Crippen LogP contribution < -0.4 is 0 Å². The van der Waals surface area contributed by atoms with Crippen molar-refractivity contribution in [2.75, 3.05) is 0 Å². The van der Waals surface area contributed by atoms with Crippen LogP contribution in [0.25, 0.3) is 0 Å². The van der Waals surface area contributed by atoms with Crippen molar-refractivity contribution in [1.82, 2.24) is 5.23 Å². The predicted octanol–water partition coefficient (Wildman–Crippen LogP) is 2.42. The lowest BCUT2D eigenvalue weighted by molar-refractivity contribution is -0.219. The molecule has 0 bridgehead atoms. The minimum atomic E-state index is -0.975. The van der Waals surface area contributed by atoms with E-state index in [2.05, 4.69) is 0 Å². The summed E-state index contributed by atoms with van der Waals surface area (Å²) >= 11 is 0. The number of Topliss-reactive ketones (excluding diaryl/α,β-unsaturated/α-hetero) is 1. The van der Waals surface area contributed by atoms with E-state index in [9.17, 15) is 10.0 Å². The van der Waals surface area contributed by atoms with Crippen LogP contribution in [0.1, 0.15) is 52.4 Å². The molecule has 4 heteroatoms. The molecule has 1 saturated carbocycles. The highest BCUT2D eigenvalue weighted by molar-refractivity contribution is 5.85. The number of rotatable bonds is 1. The first-order valence-electron chi connectivity index (χ1n) is 6.19. The zero-order valence-corrected chi connectivity index (χ0v) is 10.1.